The van der Waals surface area contributed by atoms with Crippen molar-refractivity contribution >= 4 is 0 Å². The first kappa shape index (κ1) is 13.2. The highest BCUT2D eigenvalue weighted by molar-refractivity contribution is 5.70. The Kier molecular flexibility index (Phi) is 3.60. The smallest absolute Gasteiger partial charge is 0.0923 e. The normalized spacial score (nSPS) is 10.5. The molecule has 0 N–H and O–H groups in total. The SMILES string of the molecule is C=CCn1ccc(-c2cccc(-c3nccnc3C)c2)n1. The molecule has 0 fully saturated rings. The van der Waals surface area contributed by atoms with Gasteiger partial charge in [-0.15, -0.1) is 6.58 Å². The van der Waals surface area contributed by atoms with E-state index in [2.05, 4.69) is 33.8 Å². The molecular weight excluding hydrogens is 260 g/mol. The van der Waals surface area contributed by atoms with Crippen LogP contribution < -0.4 is 0 Å². The molecule has 0 spiro atoms. The van der Waals surface area contributed by atoms with Gasteiger partial charge < -0.3 is 0 Å². The standard InChI is InChI=1S/C17H16N4/c1-3-10-21-11-7-16(20-21)14-5-4-6-15(12-14)17-13(2)18-8-9-19-17/h3-9,11-12H,1,10H2,2H3. The molecule has 4 nitrogen and oxygen atoms in total. The van der Waals surface area contributed by atoms with Gasteiger partial charge in [-0.05, 0) is 19.1 Å². The maximum atomic E-state index is 4.54. The van der Waals surface area contributed by atoms with Crippen molar-refractivity contribution in [3.63, 3.8) is 0 Å². The molecule has 0 saturated carbocycles. The van der Waals surface area contributed by atoms with Gasteiger partial charge in [-0.3, -0.25) is 14.6 Å². The summed E-state index contributed by atoms with van der Waals surface area (Å²) in [7, 11) is 0. The van der Waals surface area contributed by atoms with E-state index in [0.29, 0.717) is 6.54 Å². The Labute approximate surface area is 123 Å². The van der Waals surface area contributed by atoms with Crippen LogP contribution in [0.4, 0.5) is 0 Å². The Balaban J connectivity index is 2.00. The molecule has 0 aliphatic heterocycles. The fraction of sp³-hybridized carbons (Fsp3) is 0.118. The topological polar surface area (TPSA) is 43.6 Å². The lowest BCUT2D eigenvalue weighted by molar-refractivity contribution is 0.705. The van der Waals surface area contributed by atoms with Crippen LogP contribution in [0.3, 0.4) is 0 Å². The van der Waals surface area contributed by atoms with Crippen LogP contribution in [-0.4, -0.2) is 19.7 Å². The third-order valence-electron chi connectivity index (χ3n) is 3.27. The summed E-state index contributed by atoms with van der Waals surface area (Å²) in [5.41, 5.74) is 4.90. The van der Waals surface area contributed by atoms with Crippen LogP contribution >= 0.6 is 0 Å². The average Bonchev–Trinajstić information content (AvgIpc) is 2.97. The van der Waals surface area contributed by atoms with Crippen LogP contribution in [0.15, 0.2) is 61.6 Å². The highest BCUT2D eigenvalue weighted by Gasteiger charge is 2.07. The largest absolute Gasteiger partial charge is 0.268 e. The maximum absolute atomic E-state index is 4.54. The van der Waals surface area contributed by atoms with Gasteiger partial charge in [-0.1, -0.05) is 24.3 Å². The molecule has 2 aromatic heterocycles. The molecule has 4 heteroatoms. The maximum Gasteiger partial charge on any atom is 0.0923 e. The fourth-order valence-corrected chi connectivity index (χ4v) is 2.27. The molecule has 0 amide bonds. The third-order valence-corrected chi connectivity index (χ3v) is 3.27. The lowest BCUT2D eigenvalue weighted by atomic mass is 10.0. The predicted molar refractivity (Wildman–Crippen MR) is 83.6 cm³/mol. The van der Waals surface area contributed by atoms with Gasteiger partial charge in [0.05, 0.1) is 23.6 Å². The van der Waals surface area contributed by atoms with Gasteiger partial charge in [0, 0.05) is 29.7 Å². The summed E-state index contributed by atoms with van der Waals surface area (Å²) >= 11 is 0. The lowest BCUT2D eigenvalue weighted by Gasteiger charge is -2.05. The van der Waals surface area contributed by atoms with Crippen molar-refractivity contribution < 1.29 is 0 Å². The summed E-state index contributed by atoms with van der Waals surface area (Å²) in [6, 6.07) is 10.2. The first-order valence-electron chi connectivity index (χ1n) is 6.80. The molecule has 3 aromatic rings. The average molecular weight is 276 g/mol. The summed E-state index contributed by atoms with van der Waals surface area (Å²) < 4.78 is 1.86. The number of hydrogen-bond acceptors (Lipinski definition) is 3. The number of aromatic nitrogens is 4. The van der Waals surface area contributed by atoms with Crippen molar-refractivity contribution in [2.45, 2.75) is 13.5 Å². The monoisotopic (exact) mass is 276 g/mol. The quantitative estimate of drug-likeness (QED) is 0.685. The number of hydrogen-bond donors (Lipinski definition) is 0. The van der Waals surface area contributed by atoms with Gasteiger partial charge in [0.25, 0.3) is 0 Å². The number of rotatable bonds is 4. The van der Waals surface area contributed by atoms with E-state index < -0.39 is 0 Å². The molecule has 1 aromatic carbocycles. The van der Waals surface area contributed by atoms with E-state index in [9.17, 15) is 0 Å². The van der Waals surface area contributed by atoms with Crippen LogP contribution in [0.2, 0.25) is 0 Å². The van der Waals surface area contributed by atoms with Crippen LogP contribution in [0.1, 0.15) is 5.69 Å². The molecule has 104 valence electrons. The van der Waals surface area contributed by atoms with Gasteiger partial charge >= 0.3 is 0 Å². The first-order valence-corrected chi connectivity index (χ1v) is 6.80. The second kappa shape index (κ2) is 5.71. The zero-order valence-corrected chi connectivity index (χ0v) is 11.9. The van der Waals surface area contributed by atoms with E-state index in [0.717, 1.165) is 28.2 Å². The third kappa shape index (κ3) is 2.74. The van der Waals surface area contributed by atoms with E-state index in [1.807, 2.05) is 42.1 Å². The van der Waals surface area contributed by atoms with Crippen molar-refractivity contribution in [1.82, 2.24) is 19.7 Å². The second-order valence-corrected chi connectivity index (χ2v) is 4.78. The second-order valence-electron chi connectivity index (χ2n) is 4.78. The molecule has 0 aliphatic rings. The molecule has 2 heterocycles. The minimum Gasteiger partial charge on any atom is -0.268 e. The summed E-state index contributed by atoms with van der Waals surface area (Å²) in [6.45, 7) is 6.40. The summed E-state index contributed by atoms with van der Waals surface area (Å²) in [4.78, 5) is 8.71. The number of aryl methyl sites for hydroxylation is 1. The van der Waals surface area contributed by atoms with Crippen LogP contribution in [0.5, 0.6) is 0 Å². The van der Waals surface area contributed by atoms with Crippen molar-refractivity contribution in [2.75, 3.05) is 0 Å². The molecular formula is C17H16N4. The van der Waals surface area contributed by atoms with Gasteiger partial charge in [0.2, 0.25) is 0 Å². The predicted octanol–water partition coefficient (Wildman–Crippen LogP) is 3.50. The minimum absolute atomic E-state index is 0.711. The molecule has 0 saturated heterocycles. The van der Waals surface area contributed by atoms with E-state index >= 15 is 0 Å². The molecule has 0 atom stereocenters. The van der Waals surface area contributed by atoms with E-state index in [4.69, 9.17) is 0 Å². The van der Waals surface area contributed by atoms with Gasteiger partial charge in [-0.2, -0.15) is 5.10 Å². The van der Waals surface area contributed by atoms with E-state index in [-0.39, 0.29) is 0 Å². The summed E-state index contributed by atoms with van der Waals surface area (Å²) in [6.07, 6.45) is 7.21. The lowest BCUT2D eigenvalue weighted by Crippen LogP contribution is -1.95. The Morgan fingerprint density at radius 1 is 1.14 bits per heavy atom. The molecule has 0 bridgehead atoms. The van der Waals surface area contributed by atoms with Gasteiger partial charge in [-0.25, -0.2) is 0 Å². The number of nitrogens with zero attached hydrogens (tertiary/aromatic N) is 4. The van der Waals surface area contributed by atoms with Crippen molar-refractivity contribution in [3.8, 4) is 22.5 Å². The van der Waals surface area contributed by atoms with Crippen LogP contribution in [0.25, 0.3) is 22.5 Å². The van der Waals surface area contributed by atoms with Crippen LogP contribution in [0, 0.1) is 6.92 Å². The number of allylic oxidation sites excluding steroid dienone is 1. The van der Waals surface area contributed by atoms with Crippen LogP contribution in [-0.2, 0) is 6.54 Å². The van der Waals surface area contributed by atoms with E-state index in [1.54, 1.807) is 12.4 Å². The fourth-order valence-electron chi connectivity index (χ4n) is 2.27. The first-order chi connectivity index (χ1) is 10.3. The zero-order chi connectivity index (χ0) is 14.7. The highest BCUT2D eigenvalue weighted by Crippen LogP contribution is 2.25. The highest BCUT2D eigenvalue weighted by atomic mass is 15.3. The Morgan fingerprint density at radius 3 is 2.76 bits per heavy atom. The molecule has 21 heavy (non-hydrogen) atoms. The van der Waals surface area contributed by atoms with Gasteiger partial charge in [0.15, 0.2) is 0 Å². The van der Waals surface area contributed by atoms with Crippen molar-refractivity contribution in [1.29, 1.82) is 0 Å². The van der Waals surface area contributed by atoms with E-state index in [1.165, 1.54) is 0 Å². The summed E-state index contributed by atoms with van der Waals surface area (Å²) in [5, 5.41) is 4.54. The molecule has 0 radical (unpaired) electrons. The van der Waals surface area contributed by atoms with Crippen molar-refractivity contribution in [2.24, 2.45) is 0 Å². The molecule has 3 rings (SSSR count). The Morgan fingerprint density at radius 2 is 1.95 bits per heavy atom. The molecule has 0 unspecified atom stereocenters. The summed E-state index contributed by atoms with van der Waals surface area (Å²) in [5.74, 6) is 0. The minimum atomic E-state index is 0.711. The zero-order valence-electron chi connectivity index (χ0n) is 11.9. The Bertz CT molecular complexity index is 774. The Hall–Kier alpha value is -2.75. The van der Waals surface area contributed by atoms with Gasteiger partial charge in [0.1, 0.15) is 0 Å². The molecule has 0 aliphatic carbocycles. The number of benzene rings is 1. The van der Waals surface area contributed by atoms with Crippen molar-refractivity contribution in [3.05, 3.63) is 67.3 Å².